The van der Waals surface area contributed by atoms with Crippen LogP contribution in [0, 0.1) is 0 Å². The zero-order valence-electron chi connectivity index (χ0n) is 8.20. The summed E-state index contributed by atoms with van der Waals surface area (Å²) in [6.07, 6.45) is 4.01. The number of aliphatic hydroxyl groups is 1. The molecule has 2 rings (SSSR count). The average molecular weight is 180 g/mol. The molecule has 0 fully saturated rings. The summed E-state index contributed by atoms with van der Waals surface area (Å²) in [6, 6.07) is 0.273. The monoisotopic (exact) mass is 180 g/mol. The summed E-state index contributed by atoms with van der Waals surface area (Å²) in [6.45, 7) is 4.56. The van der Waals surface area contributed by atoms with Crippen LogP contribution in [0.15, 0.2) is 6.33 Å². The van der Waals surface area contributed by atoms with Crippen LogP contribution in [0.3, 0.4) is 0 Å². The molecule has 0 spiro atoms. The Morgan fingerprint density at radius 2 is 2.46 bits per heavy atom. The van der Waals surface area contributed by atoms with Crippen LogP contribution in [0.1, 0.15) is 43.6 Å². The molecular weight excluding hydrogens is 164 g/mol. The van der Waals surface area contributed by atoms with Crippen molar-refractivity contribution in [2.45, 2.75) is 38.6 Å². The minimum atomic E-state index is 0.237. The van der Waals surface area contributed by atoms with Gasteiger partial charge in [0.2, 0.25) is 0 Å². The van der Waals surface area contributed by atoms with Crippen molar-refractivity contribution in [2.24, 2.45) is 0 Å². The average Bonchev–Trinajstić information content (AvgIpc) is 2.61. The minimum Gasteiger partial charge on any atom is -0.394 e. The second-order valence-corrected chi connectivity index (χ2v) is 4.01. The van der Waals surface area contributed by atoms with Gasteiger partial charge in [0, 0.05) is 5.69 Å². The SMILES string of the molecule is CC(C)c1ncn2c1CCC2CO. The molecule has 13 heavy (non-hydrogen) atoms. The number of aromatic nitrogens is 2. The van der Waals surface area contributed by atoms with Gasteiger partial charge >= 0.3 is 0 Å². The summed E-state index contributed by atoms with van der Waals surface area (Å²) in [5, 5.41) is 9.11. The van der Waals surface area contributed by atoms with E-state index >= 15 is 0 Å². The molecule has 3 nitrogen and oxygen atoms in total. The fourth-order valence-electron chi connectivity index (χ4n) is 2.08. The molecule has 1 aromatic heterocycles. The first-order valence-corrected chi connectivity index (χ1v) is 4.90. The zero-order valence-corrected chi connectivity index (χ0v) is 8.20. The van der Waals surface area contributed by atoms with Gasteiger partial charge < -0.3 is 9.67 Å². The first-order valence-electron chi connectivity index (χ1n) is 4.90. The van der Waals surface area contributed by atoms with Gasteiger partial charge in [0.25, 0.3) is 0 Å². The van der Waals surface area contributed by atoms with E-state index in [0.29, 0.717) is 5.92 Å². The fraction of sp³-hybridized carbons (Fsp3) is 0.700. The Balaban J connectivity index is 2.36. The van der Waals surface area contributed by atoms with Gasteiger partial charge in [-0.25, -0.2) is 4.98 Å². The highest BCUT2D eigenvalue weighted by molar-refractivity contribution is 5.20. The first-order chi connectivity index (χ1) is 6.24. The molecule has 1 N–H and O–H groups in total. The molecule has 0 amide bonds. The lowest BCUT2D eigenvalue weighted by atomic mass is 10.1. The predicted molar refractivity (Wildman–Crippen MR) is 50.8 cm³/mol. The number of rotatable bonds is 2. The lowest BCUT2D eigenvalue weighted by molar-refractivity contribution is 0.232. The number of hydrogen-bond donors (Lipinski definition) is 1. The highest BCUT2D eigenvalue weighted by Gasteiger charge is 2.25. The van der Waals surface area contributed by atoms with Crippen molar-refractivity contribution in [3.63, 3.8) is 0 Å². The normalized spacial score (nSPS) is 21.1. The molecule has 0 bridgehead atoms. The maximum absolute atomic E-state index is 9.11. The molecule has 1 unspecified atom stereocenters. The molecule has 0 radical (unpaired) electrons. The zero-order chi connectivity index (χ0) is 9.42. The van der Waals surface area contributed by atoms with Crippen LogP contribution < -0.4 is 0 Å². The van der Waals surface area contributed by atoms with Gasteiger partial charge in [-0.3, -0.25) is 0 Å². The molecule has 0 saturated carbocycles. The minimum absolute atomic E-state index is 0.237. The van der Waals surface area contributed by atoms with Crippen LogP contribution in [-0.2, 0) is 6.42 Å². The van der Waals surface area contributed by atoms with E-state index in [4.69, 9.17) is 5.11 Å². The summed E-state index contributed by atoms with van der Waals surface area (Å²) in [5.74, 6) is 0.494. The van der Waals surface area contributed by atoms with Gasteiger partial charge in [-0.05, 0) is 18.8 Å². The summed E-state index contributed by atoms with van der Waals surface area (Å²) in [5.41, 5.74) is 2.53. The van der Waals surface area contributed by atoms with Crippen LogP contribution in [0.5, 0.6) is 0 Å². The Hall–Kier alpha value is -0.830. The van der Waals surface area contributed by atoms with Crippen LogP contribution in [0.25, 0.3) is 0 Å². The van der Waals surface area contributed by atoms with E-state index < -0.39 is 0 Å². The van der Waals surface area contributed by atoms with Gasteiger partial charge in [0.05, 0.1) is 24.7 Å². The molecule has 2 heterocycles. The third kappa shape index (κ3) is 1.27. The lowest BCUT2D eigenvalue weighted by Gasteiger charge is -2.07. The van der Waals surface area contributed by atoms with E-state index in [2.05, 4.69) is 23.4 Å². The van der Waals surface area contributed by atoms with Crippen molar-refractivity contribution >= 4 is 0 Å². The fourth-order valence-corrected chi connectivity index (χ4v) is 2.08. The number of imidazole rings is 1. The van der Waals surface area contributed by atoms with Gasteiger partial charge in [0.15, 0.2) is 0 Å². The number of fused-ring (bicyclic) bond motifs is 1. The van der Waals surface area contributed by atoms with E-state index in [9.17, 15) is 0 Å². The summed E-state index contributed by atoms with van der Waals surface area (Å²) in [7, 11) is 0. The standard InChI is InChI=1S/C10H16N2O/c1-7(2)10-9-4-3-8(5-13)12(9)6-11-10/h6-8,13H,3-5H2,1-2H3. The summed E-state index contributed by atoms with van der Waals surface area (Å²) >= 11 is 0. The summed E-state index contributed by atoms with van der Waals surface area (Å²) in [4.78, 5) is 4.39. The van der Waals surface area contributed by atoms with Gasteiger partial charge in [-0.2, -0.15) is 0 Å². The molecule has 3 heteroatoms. The Morgan fingerprint density at radius 3 is 3.08 bits per heavy atom. The van der Waals surface area contributed by atoms with Crippen LogP contribution >= 0.6 is 0 Å². The van der Waals surface area contributed by atoms with E-state index in [1.165, 1.54) is 11.4 Å². The van der Waals surface area contributed by atoms with Gasteiger partial charge in [-0.15, -0.1) is 0 Å². The maximum atomic E-state index is 9.11. The van der Waals surface area contributed by atoms with E-state index in [-0.39, 0.29) is 12.6 Å². The van der Waals surface area contributed by atoms with Crippen molar-refractivity contribution in [3.05, 3.63) is 17.7 Å². The molecular formula is C10H16N2O. The summed E-state index contributed by atoms with van der Waals surface area (Å²) < 4.78 is 2.13. The first kappa shape index (κ1) is 8.75. The largest absolute Gasteiger partial charge is 0.394 e. The molecule has 1 atom stereocenters. The third-order valence-electron chi connectivity index (χ3n) is 2.79. The van der Waals surface area contributed by atoms with Crippen molar-refractivity contribution < 1.29 is 5.11 Å². The lowest BCUT2D eigenvalue weighted by Crippen LogP contribution is -2.06. The van der Waals surface area contributed by atoms with E-state index in [1.807, 2.05) is 6.33 Å². The molecule has 1 aliphatic rings. The van der Waals surface area contributed by atoms with E-state index in [0.717, 1.165) is 12.8 Å². The van der Waals surface area contributed by atoms with Gasteiger partial charge in [0.1, 0.15) is 0 Å². The van der Waals surface area contributed by atoms with E-state index in [1.54, 1.807) is 0 Å². The van der Waals surface area contributed by atoms with Gasteiger partial charge in [-0.1, -0.05) is 13.8 Å². The Bertz CT molecular complexity index is 304. The van der Waals surface area contributed by atoms with Crippen LogP contribution in [0.2, 0.25) is 0 Å². The second kappa shape index (κ2) is 3.14. The molecule has 1 aliphatic heterocycles. The number of hydrogen-bond acceptors (Lipinski definition) is 2. The highest BCUT2D eigenvalue weighted by atomic mass is 16.3. The Labute approximate surface area is 78.4 Å². The second-order valence-electron chi connectivity index (χ2n) is 4.01. The van der Waals surface area contributed by atoms with Crippen molar-refractivity contribution in [3.8, 4) is 0 Å². The molecule has 0 aromatic carbocycles. The number of aliphatic hydroxyl groups excluding tert-OH is 1. The quantitative estimate of drug-likeness (QED) is 0.748. The molecule has 0 aliphatic carbocycles. The highest BCUT2D eigenvalue weighted by Crippen LogP contribution is 2.30. The van der Waals surface area contributed by atoms with Crippen molar-refractivity contribution in [2.75, 3.05) is 6.61 Å². The van der Waals surface area contributed by atoms with Crippen LogP contribution in [0.4, 0.5) is 0 Å². The third-order valence-corrected chi connectivity index (χ3v) is 2.79. The molecule has 72 valence electrons. The smallest absolute Gasteiger partial charge is 0.0955 e. The van der Waals surface area contributed by atoms with Crippen molar-refractivity contribution in [1.82, 2.24) is 9.55 Å². The maximum Gasteiger partial charge on any atom is 0.0955 e. The van der Waals surface area contributed by atoms with Crippen molar-refractivity contribution in [1.29, 1.82) is 0 Å². The van der Waals surface area contributed by atoms with Crippen LogP contribution in [-0.4, -0.2) is 21.3 Å². The number of nitrogens with zero attached hydrogens (tertiary/aromatic N) is 2. The predicted octanol–water partition coefficient (Wildman–Crippen LogP) is 1.49. The Kier molecular flexibility index (Phi) is 2.12. The Morgan fingerprint density at radius 1 is 1.69 bits per heavy atom. The topological polar surface area (TPSA) is 38.0 Å². The molecule has 0 saturated heterocycles. The molecule has 1 aromatic rings.